The average molecular weight is 147 g/mol. The second-order valence-corrected chi connectivity index (χ2v) is 2.32. The first-order valence-corrected chi connectivity index (χ1v) is 3.48. The molecule has 1 radical (unpaired) electrons. The summed E-state index contributed by atoms with van der Waals surface area (Å²) in [5, 5.41) is 7.13. The van der Waals surface area contributed by atoms with Gasteiger partial charge >= 0.3 is 0 Å². The summed E-state index contributed by atoms with van der Waals surface area (Å²) < 4.78 is 0. The van der Waals surface area contributed by atoms with E-state index >= 15 is 0 Å². The molecule has 0 saturated carbocycles. The molecule has 0 amide bonds. The standard InChI is InChI=1S/C9H11N2/c1-2-7-3-5-8(6-4-7)9(10)11/h2-6H,1H3,(H3,10,11). The van der Waals surface area contributed by atoms with Gasteiger partial charge in [-0.2, -0.15) is 0 Å². The highest BCUT2D eigenvalue weighted by Crippen LogP contribution is 2.04. The van der Waals surface area contributed by atoms with Crippen molar-refractivity contribution in [2.24, 2.45) is 5.73 Å². The fourth-order valence-corrected chi connectivity index (χ4v) is 0.855. The lowest BCUT2D eigenvalue weighted by Crippen LogP contribution is -2.10. The van der Waals surface area contributed by atoms with Crippen molar-refractivity contribution in [3.63, 3.8) is 0 Å². The van der Waals surface area contributed by atoms with Crippen LogP contribution in [-0.2, 0) is 0 Å². The maximum Gasteiger partial charge on any atom is 0.122 e. The van der Waals surface area contributed by atoms with Gasteiger partial charge in [0, 0.05) is 5.56 Å². The fourth-order valence-electron chi connectivity index (χ4n) is 0.855. The van der Waals surface area contributed by atoms with Crippen LogP contribution in [0.3, 0.4) is 0 Å². The molecule has 0 fully saturated rings. The van der Waals surface area contributed by atoms with Gasteiger partial charge in [0.1, 0.15) is 5.84 Å². The first kappa shape index (κ1) is 7.79. The first-order chi connectivity index (χ1) is 5.24. The minimum Gasteiger partial charge on any atom is -0.384 e. The molecule has 0 heterocycles. The van der Waals surface area contributed by atoms with E-state index in [0.717, 1.165) is 11.1 Å². The molecule has 0 saturated heterocycles. The Labute approximate surface area is 66.6 Å². The second-order valence-electron chi connectivity index (χ2n) is 2.32. The van der Waals surface area contributed by atoms with Gasteiger partial charge < -0.3 is 5.73 Å². The number of hydrogen-bond acceptors (Lipinski definition) is 1. The Bertz CT molecular complexity index is 249. The highest BCUT2D eigenvalue weighted by atomic mass is 14.7. The molecule has 0 aliphatic carbocycles. The van der Waals surface area contributed by atoms with Crippen LogP contribution in [0.25, 0.3) is 0 Å². The van der Waals surface area contributed by atoms with Gasteiger partial charge in [-0.3, -0.25) is 5.41 Å². The Morgan fingerprint density at radius 1 is 1.36 bits per heavy atom. The summed E-state index contributed by atoms with van der Waals surface area (Å²) >= 11 is 0. The molecule has 0 unspecified atom stereocenters. The summed E-state index contributed by atoms with van der Waals surface area (Å²) in [6.07, 6.45) is 2.00. The summed E-state index contributed by atoms with van der Waals surface area (Å²) in [5.74, 6) is 0.118. The monoisotopic (exact) mass is 147 g/mol. The zero-order valence-corrected chi connectivity index (χ0v) is 6.46. The molecule has 0 aromatic heterocycles. The van der Waals surface area contributed by atoms with Crippen LogP contribution in [0.1, 0.15) is 18.1 Å². The molecule has 1 aromatic carbocycles. The quantitative estimate of drug-likeness (QED) is 0.484. The second kappa shape index (κ2) is 3.19. The zero-order chi connectivity index (χ0) is 8.27. The van der Waals surface area contributed by atoms with Crippen molar-refractivity contribution in [3.8, 4) is 0 Å². The smallest absolute Gasteiger partial charge is 0.122 e. The highest BCUT2D eigenvalue weighted by molar-refractivity contribution is 5.94. The van der Waals surface area contributed by atoms with E-state index in [1.807, 2.05) is 37.6 Å². The Balaban J connectivity index is 2.91. The molecule has 0 aliphatic rings. The molecular weight excluding hydrogens is 136 g/mol. The SMILES string of the molecule is C[CH]c1ccc(C(=N)N)cc1. The number of nitrogens with two attached hydrogens (primary N) is 1. The van der Waals surface area contributed by atoms with Gasteiger partial charge in [-0.15, -0.1) is 0 Å². The van der Waals surface area contributed by atoms with Crippen LogP contribution in [0.2, 0.25) is 0 Å². The minimum atomic E-state index is 0.118. The van der Waals surface area contributed by atoms with Crippen LogP contribution in [0, 0.1) is 11.8 Å². The normalized spacial score (nSPS) is 9.55. The van der Waals surface area contributed by atoms with Crippen LogP contribution >= 0.6 is 0 Å². The molecule has 0 atom stereocenters. The van der Waals surface area contributed by atoms with E-state index in [9.17, 15) is 0 Å². The summed E-state index contributed by atoms with van der Waals surface area (Å²) in [4.78, 5) is 0. The van der Waals surface area contributed by atoms with E-state index < -0.39 is 0 Å². The number of nitrogens with one attached hydrogen (secondary N) is 1. The van der Waals surface area contributed by atoms with E-state index in [-0.39, 0.29) is 5.84 Å². The van der Waals surface area contributed by atoms with Crippen LogP contribution < -0.4 is 5.73 Å². The van der Waals surface area contributed by atoms with E-state index in [0.29, 0.717) is 0 Å². The highest BCUT2D eigenvalue weighted by Gasteiger charge is 1.94. The molecule has 1 aromatic rings. The van der Waals surface area contributed by atoms with E-state index in [4.69, 9.17) is 11.1 Å². The Morgan fingerprint density at radius 3 is 2.27 bits per heavy atom. The Morgan fingerprint density at radius 2 is 1.91 bits per heavy atom. The van der Waals surface area contributed by atoms with Gasteiger partial charge in [0.2, 0.25) is 0 Å². The third-order valence-corrected chi connectivity index (χ3v) is 1.56. The van der Waals surface area contributed by atoms with Gasteiger partial charge in [0.05, 0.1) is 0 Å². The number of hydrogen-bond donors (Lipinski definition) is 2. The molecule has 57 valence electrons. The number of benzene rings is 1. The largest absolute Gasteiger partial charge is 0.384 e. The third-order valence-electron chi connectivity index (χ3n) is 1.56. The van der Waals surface area contributed by atoms with Crippen LogP contribution in [0.5, 0.6) is 0 Å². The molecule has 2 heteroatoms. The molecule has 0 bridgehead atoms. The van der Waals surface area contributed by atoms with Crippen molar-refractivity contribution >= 4 is 5.84 Å². The van der Waals surface area contributed by atoms with Gasteiger partial charge in [-0.25, -0.2) is 0 Å². The Kier molecular flexibility index (Phi) is 2.26. The fraction of sp³-hybridized carbons (Fsp3) is 0.111. The minimum absolute atomic E-state index is 0.118. The summed E-state index contributed by atoms with van der Waals surface area (Å²) in [5.41, 5.74) is 7.20. The lowest BCUT2D eigenvalue weighted by molar-refractivity contribution is 1.39. The molecule has 0 spiro atoms. The third kappa shape index (κ3) is 1.80. The van der Waals surface area contributed by atoms with Gasteiger partial charge in [-0.05, 0) is 12.0 Å². The van der Waals surface area contributed by atoms with Crippen LogP contribution in [0.15, 0.2) is 24.3 Å². The number of nitrogen functional groups attached to an aromatic ring is 1. The lowest BCUT2D eigenvalue weighted by atomic mass is 10.1. The van der Waals surface area contributed by atoms with E-state index in [1.54, 1.807) is 0 Å². The summed E-state index contributed by atoms with van der Waals surface area (Å²) in [7, 11) is 0. The molecule has 1 rings (SSSR count). The van der Waals surface area contributed by atoms with Crippen LogP contribution in [0.4, 0.5) is 0 Å². The van der Waals surface area contributed by atoms with Gasteiger partial charge in [0.25, 0.3) is 0 Å². The Hall–Kier alpha value is -1.31. The van der Waals surface area contributed by atoms with Crippen molar-refractivity contribution in [2.75, 3.05) is 0 Å². The molecule has 3 N–H and O–H groups in total. The molecule has 2 nitrogen and oxygen atoms in total. The number of rotatable bonds is 2. The van der Waals surface area contributed by atoms with Crippen molar-refractivity contribution < 1.29 is 0 Å². The van der Waals surface area contributed by atoms with Crippen molar-refractivity contribution in [3.05, 3.63) is 41.8 Å². The van der Waals surface area contributed by atoms with E-state index in [2.05, 4.69) is 0 Å². The van der Waals surface area contributed by atoms with Gasteiger partial charge in [0.15, 0.2) is 0 Å². The van der Waals surface area contributed by atoms with Crippen molar-refractivity contribution in [1.82, 2.24) is 0 Å². The molecule has 0 aliphatic heterocycles. The first-order valence-electron chi connectivity index (χ1n) is 3.48. The van der Waals surface area contributed by atoms with E-state index in [1.165, 1.54) is 0 Å². The lowest BCUT2D eigenvalue weighted by Gasteiger charge is -1.98. The molecule has 11 heavy (non-hydrogen) atoms. The summed E-state index contributed by atoms with van der Waals surface area (Å²) in [6, 6.07) is 7.57. The maximum absolute atomic E-state index is 7.13. The maximum atomic E-state index is 7.13. The van der Waals surface area contributed by atoms with Gasteiger partial charge in [-0.1, -0.05) is 31.2 Å². The average Bonchev–Trinajstić information content (AvgIpc) is 2.05. The van der Waals surface area contributed by atoms with Crippen molar-refractivity contribution in [2.45, 2.75) is 6.92 Å². The molecular formula is C9H11N2. The van der Waals surface area contributed by atoms with Crippen molar-refractivity contribution in [1.29, 1.82) is 5.41 Å². The summed E-state index contributed by atoms with van der Waals surface area (Å²) in [6.45, 7) is 1.97. The predicted molar refractivity (Wildman–Crippen MR) is 46.5 cm³/mol. The topological polar surface area (TPSA) is 49.9 Å². The number of amidine groups is 1. The predicted octanol–water partition coefficient (Wildman–Crippen LogP) is 1.54. The zero-order valence-electron chi connectivity index (χ0n) is 6.46. The van der Waals surface area contributed by atoms with Crippen LogP contribution in [-0.4, -0.2) is 5.84 Å².